The van der Waals surface area contributed by atoms with Gasteiger partial charge < -0.3 is 19.5 Å². The van der Waals surface area contributed by atoms with Gasteiger partial charge in [-0.3, -0.25) is 9.59 Å². The van der Waals surface area contributed by atoms with Gasteiger partial charge in [0.25, 0.3) is 0 Å². The number of likely N-dealkylation sites (N-methyl/N-ethyl adjacent to an activating group) is 1. The van der Waals surface area contributed by atoms with Crippen molar-refractivity contribution in [2.45, 2.75) is 46.2 Å². The molecule has 4 aromatic rings. The summed E-state index contributed by atoms with van der Waals surface area (Å²) in [5.74, 6) is 0.0000144. The molecule has 0 aliphatic rings. The van der Waals surface area contributed by atoms with Crippen LogP contribution in [0.4, 0.5) is 5.69 Å². The third-order valence-corrected chi connectivity index (χ3v) is 7.27. The Morgan fingerprint density at radius 2 is 1.84 bits per heavy atom. The van der Waals surface area contributed by atoms with Crippen LogP contribution in [0.25, 0.3) is 10.9 Å². The van der Waals surface area contributed by atoms with E-state index in [1.165, 1.54) is 12.0 Å². The maximum atomic E-state index is 13.6. The zero-order chi connectivity index (χ0) is 27.4. The second-order valence-electron chi connectivity index (χ2n) is 9.34. The number of methoxy groups -OCH3 is 1. The van der Waals surface area contributed by atoms with Crippen LogP contribution >= 0.6 is 11.6 Å². The van der Waals surface area contributed by atoms with Crippen LogP contribution in [0.2, 0.25) is 5.02 Å². The van der Waals surface area contributed by atoms with E-state index in [4.69, 9.17) is 16.3 Å². The average Bonchev–Trinajstić information content (AvgIpc) is 3.22. The first-order chi connectivity index (χ1) is 18.2. The lowest BCUT2D eigenvalue weighted by Crippen LogP contribution is -2.49. The number of aryl methyl sites for hydroxylation is 2. The molecule has 38 heavy (non-hydrogen) atoms. The molecule has 1 atom stereocenters. The minimum Gasteiger partial charge on any atom is -0.481 e. The van der Waals surface area contributed by atoms with E-state index in [0.717, 1.165) is 39.8 Å². The number of anilines is 1. The SMILES string of the molecule is CCn1c(C)c(CC(=O)N[C@@H](Cc2ccccc2)C(=O)N(C)c2ccc(OC)nc2)c2c(C)ccc(Cl)c21. The van der Waals surface area contributed by atoms with Crippen molar-refractivity contribution in [2.24, 2.45) is 0 Å². The fraction of sp³-hybridized carbons (Fsp3) is 0.300. The van der Waals surface area contributed by atoms with Crippen LogP contribution in [0.3, 0.4) is 0 Å². The van der Waals surface area contributed by atoms with Gasteiger partial charge in [0, 0.05) is 37.2 Å². The first-order valence-electron chi connectivity index (χ1n) is 12.6. The van der Waals surface area contributed by atoms with E-state index in [1.54, 1.807) is 25.4 Å². The molecule has 0 saturated heterocycles. The van der Waals surface area contributed by atoms with Crippen molar-refractivity contribution in [3.05, 3.63) is 88.2 Å². The minimum atomic E-state index is -0.762. The summed E-state index contributed by atoms with van der Waals surface area (Å²) in [5.41, 5.74) is 5.49. The van der Waals surface area contributed by atoms with E-state index in [-0.39, 0.29) is 18.2 Å². The monoisotopic (exact) mass is 532 g/mol. The van der Waals surface area contributed by atoms with Gasteiger partial charge in [-0.2, -0.15) is 0 Å². The molecule has 0 unspecified atom stereocenters. The first-order valence-corrected chi connectivity index (χ1v) is 13.0. The Kier molecular flexibility index (Phi) is 8.37. The molecule has 7 nitrogen and oxygen atoms in total. The molecule has 0 fully saturated rings. The molecule has 198 valence electrons. The van der Waals surface area contributed by atoms with Crippen LogP contribution in [-0.4, -0.2) is 41.6 Å². The van der Waals surface area contributed by atoms with Gasteiger partial charge in [0.1, 0.15) is 6.04 Å². The van der Waals surface area contributed by atoms with Crippen molar-refractivity contribution in [3.8, 4) is 5.88 Å². The van der Waals surface area contributed by atoms with Gasteiger partial charge in [0.2, 0.25) is 17.7 Å². The predicted octanol–water partition coefficient (Wildman–Crippen LogP) is 5.27. The Bertz CT molecular complexity index is 1450. The zero-order valence-corrected chi connectivity index (χ0v) is 23.2. The number of hydrogen-bond donors (Lipinski definition) is 1. The molecule has 1 N–H and O–H groups in total. The van der Waals surface area contributed by atoms with Crippen molar-refractivity contribution in [1.82, 2.24) is 14.9 Å². The molecule has 0 radical (unpaired) electrons. The maximum absolute atomic E-state index is 13.6. The summed E-state index contributed by atoms with van der Waals surface area (Å²) < 4.78 is 7.27. The Labute approximate surface area is 228 Å². The fourth-order valence-corrected chi connectivity index (χ4v) is 5.20. The summed E-state index contributed by atoms with van der Waals surface area (Å²) in [7, 11) is 3.22. The molecule has 2 aromatic carbocycles. The number of halogens is 1. The third kappa shape index (κ3) is 5.53. The Morgan fingerprint density at radius 1 is 1.11 bits per heavy atom. The number of nitrogens with zero attached hydrogens (tertiary/aromatic N) is 3. The van der Waals surface area contributed by atoms with Crippen molar-refractivity contribution in [2.75, 3.05) is 19.1 Å². The minimum absolute atomic E-state index is 0.142. The number of rotatable bonds is 9. The number of carbonyl (C=O) groups excluding carboxylic acids is 2. The standard InChI is InChI=1S/C30H33ClN4O3/c1-6-35-20(3)23(28-19(2)12-14-24(31)29(28)35)17-26(36)33-25(16-21-10-8-7-9-11-21)30(37)34(4)22-13-15-27(38-5)32-18-22/h7-15,18,25H,6,16-17H2,1-5H3,(H,33,36)/t25-/m0/s1. The highest BCUT2D eigenvalue weighted by Gasteiger charge is 2.27. The van der Waals surface area contributed by atoms with E-state index < -0.39 is 6.04 Å². The highest BCUT2D eigenvalue weighted by molar-refractivity contribution is 6.35. The van der Waals surface area contributed by atoms with Crippen LogP contribution in [-0.2, 0) is 29.0 Å². The molecule has 0 bridgehead atoms. The Morgan fingerprint density at radius 3 is 2.47 bits per heavy atom. The molecule has 2 aromatic heterocycles. The van der Waals surface area contributed by atoms with Gasteiger partial charge in [0.05, 0.1) is 36.0 Å². The first kappa shape index (κ1) is 27.2. The molecular formula is C30H33ClN4O3. The van der Waals surface area contributed by atoms with Crippen molar-refractivity contribution in [3.63, 3.8) is 0 Å². The number of aromatic nitrogens is 2. The van der Waals surface area contributed by atoms with Gasteiger partial charge in [-0.15, -0.1) is 0 Å². The highest BCUT2D eigenvalue weighted by Crippen LogP contribution is 2.34. The Balaban J connectivity index is 1.63. The molecule has 0 saturated carbocycles. The van der Waals surface area contributed by atoms with E-state index >= 15 is 0 Å². The summed E-state index contributed by atoms with van der Waals surface area (Å²) in [6, 6.07) is 16.2. The van der Waals surface area contributed by atoms with Gasteiger partial charge in [-0.1, -0.05) is 48.0 Å². The summed E-state index contributed by atoms with van der Waals surface area (Å²) >= 11 is 6.58. The van der Waals surface area contributed by atoms with Crippen molar-refractivity contribution < 1.29 is 14.3 Å². The van der Waals surface area contributed by atoms with Gasteiger partial charge in [0.15, 0.2) is 0 Å². The van der Waals surface area contributed by atoms with E-state index in [2.05, 4.69) is 21.8 Å². The summed E-state index contributed by atoms with van der Waals surface area (Å²) in [6.45, 7) is 6.84. The van der Waals surface area contributed by atoms with Crippen LogP contribution in [0.1, 0.15) is 29.3 Å². The Hall–Kier alpha value is -3.84. The molecule has 2 amide bonds. The van der Waals surface area contributed by atoms with Gasteiger partial charge in [-0.25, -0.2) is 4.98 Å². The lowest BCUT2D eigenvalue weighted by molar-refractivity contribution is -0.127. The largest absolute Gasteiger partial charge is 0.481 e. The van der Waals surface area contributed by atoms with Crippen LogP contribution < -0.4 is 15.0 Å². The molecule has 0 aliphatic carbocycles. The van der Waals surface area contributed by atoms with Crippen molar-refractivity contribution >= 4 is 40.0 Å². The number of hydrogen-bond acceptors (Lipinski definition) is 4. The van der Waals surface area contributed by atoms with Crippen LogP contribution in [0.5, 0.6) is 5.88 Å². The quantitative estimate of drug-likeness (QED) is 0.319. The number of fused-ring (bicyclic) bond motifs is 1. The van der Waals surface area contributed by atoms with Gasteiger partial charge >= 0.3 is 0 Å². The van der Waals surface area contributed by atoms with Crippen LogP contribution in [0, 0.1) is 13.8 Å². The summed E-state index contributed by atoms with van der Waals surface area (Å²) in [6.07, 6.45) is 2.08. The van der Waals surface area contributed by atoms with E-state index in [1.807, 2.05) is 56.3 Å². The lowest BCUT2D eigenvalue weighted by atomic mass is 10.0. The molecule has 0 aliphatic heterocycles. The van der Waals surface area contributed by atoms with Crippen molar-refractivity contribution in [1.29, 1.82) is 0 Å². The molecule has 4 rings (SSSR count). The number of benzene rings is 2. The summed E-state index contributed by atoms with van der Waals surface area (Å²) in [5, 5.41) is 4.68. The molecule has 8 heteroatoms. The van der Waals surface area contributed by atoms with E-state index in [9.17, 15) is 9.59 Å². The predicted molar refractivity (Wildman–Crippen MR) is 152 cm³/mol. The molecule has 2 heterocycles. The fourth-order valence-electron chi connectivity index (χ4n) is 4.94. The number of carbonyl (C=O) groups is 2. The van der Waals surface area contributed by atoms with Gasteiger partial charge in [-0.05, 0) is 49.6 Å². The normalized spacial score (nSPS) is 11.8. The van der Waals surface area contributed by atoms with Crippen LogP contribution in [0.15, 0.2) is 60.8 Å². The van der Waals surface area contributed by atoms with E-state index in [0.29, 0.717) is 23.0 Å². The second kappa shape index (κ2) is 11.7. The molecule has 0 spiro atoms. The maximum Gasteiger partial charge on any atom is 0.249 e. The third-order valence-electron chi connectivity index (χ3n) is 6.97. The molecular weight excluding hydrogens is 500 g/mol. The number of ether oxygens (including phenoxy) is 1. The average molecular weight is 533 g/mol. The zero-order valence-electron chi connectivity index (χ0n) is 22.4. The highest BCUT2D eigenvalue weighted by atomic mass is 35.5. The topological polar surface area (TPSA) is 76.5 Å². The number of amides is 2. The summed E-state index contributed by atoms with van der Waals surface area (Å²) in [4.78, 5) is 32.9. The smallest absolute Gasteiger partial charge is 0.249 e. The number of pyridine rings is 1. The lowest BCUT2D eigenvalue weighted by Gasteiger charge is -2.25. The number of nitrogens with one attached hydrogen (secondary N) is 1. The second-order valence-corrected chi connectivity index (χ2v) is 9.75.